The SMILES string of the molecule is CC(C)(C)OC(=O)NC1(c2cc(C(=O)O)no2)CCC1. The number of nitrogens with zero attached hydrogens (tertiary/aromatic N) is 1. The number of rotatable bonds is 3. The summed E-state index contributed by atoms with van der Waals surface area (Å²) in [6, 6.07) is 1.35. The Hall–Kier alpha value is -2.05. The van der Waals surface area contributed by atoms with Gasteiger partial charge in [0.05, 0.1) is 0 Å². The van der Waals surface area contributed by atoms with Gasteiger partial charge in [-0.25, -0.2) is 9.59 Å². The van der Waals surface area contributed by atoms with Crippen LogP contribution in [0.5, 0.6) is 0 Å². The third kappa shape index (κ3) is 2.92. The maximum absolute atomic E-state index is 11.9. The molecule has 0 spiro atoms. The van der Waals surface area contributed by atoms with Gasteiger partial charge in [-0.05, 0) is 40.0 Å². The van der Waals surface area contributed by atoms with Crippen LogP contribution in [-0.2, 0) is 10.3 Å². The lowest BCUT2D eigenvalue weighted by Crippen LogP contribution is -2.51. The fourth-order valence-corrected chi connectivity index (χ4v) is 2.06. The predicted molar refractivity (Wildman–Crippen MR) is 68.4 cm³/mol. The van der Waals surface area contributed by atoms with Gasteiger partial charge in [-0.3, -0.25) is 0 Å². The summed E-state index contributed by atoms with van der Waals surface area (Å²) < 4.78 is 10.3. The van der Waals surface area contributed by atoms with Crippen LogP contribution in [0.1, 0.15) is 56.3 Å². The van der Waals surface area contributed by atoms with Crippen LogP contribution in [-0.4, -0.2) is 27.9 Å². The molecule has 1 fully saturated rings. The molecule has 0 bridgehead atoms. The third-order valence-corrected chi connectivity index (χ3v) is 3.15. The molecule has 0 aromatic carbocycles. The van der Waals surface area contributed by atoms with Gasteiger partial charge in [0.1, 0.15) is 11.1 Å². The molecule has 1 heterocycles. The number of carbonyl (C=O) groups is 2. The number of aromatic carboxylic acids is 1. The molecule has 0 saturated heterocycles. The first kappa shape index (κ1) is 14.4. The molecule has 2 N–H and O–H groups in total. The van der Waals surface area contributed by atoms with E-state index >= 15 is 0 Å². The van der Waals surface area contributed by atoms with Crippen molar-refractivity contribution in [3.8, 4) is 0 Å². The van der Waals surface area contributed by atoms with E-state index in [4.69, 9.17) is 14.4 Å². The van der Waals surface area contributed by atoms with Crippen LogP contribution in [0, 0.1) is 0 Å². The highest BCUT2D eigenvalue weighted by molar-refractivity contribution is 5.85. The third-order valence-electron chi connectivity index (χ3n) is 3.15. The van der Waals surface area contributed by atoms with Crippen LogP contribution >= 0.6 is 0 Å². The van der Waals surface area contributed by atoms with Gasteiger partial charge in [0, 0.05) is 6.07 Å². The van der Waals surface area contributed by atoms with Crippen LogP contribution in [0.15, 0.2) is 10.6 Å². The Kier molecular flexibility index (Phi) is 3.45. The fourth-order valence-electron chi connectivity index (χ4n) is 2.06. The Labute approximate surface area is 116 Å². The largest absolute Gasteiger partial charge is 0.476 e. The van der Waals surface area contributed by atoms with Gasteiger partial charge in [-0.15, -0.1) is 0 Å². The molecule has 1 aromatic rings. The van der Waals surface area contributed by atoms with Crippen LogP contribution in [0.3, 0.4) is 0 Å². The second kappa shape index (κ2) is 4.81. The Morgan fingerprint density at radius 3 is 2.50 bits per heavy atom. The number of alkyl carbamates (subject to hydrolysis) is 1. The molecule has 0 unspecified atom stereocenters. The lowest BCUT2D eigenvalue weighted by Gasteiger charge is -2.40. The summed E-state index contributed by atoms with van der Waals surface area (Å²) in [5.74, 6) is -0.807. The second-order valence-corrected chi connectivity index (χ2v) is 5.94. The number of carboxylic acids is 1. The number of hydrogen-bond donors (Lipinski definition) is 2. The highest BCUT2D eigenvalue weighted by atomic mass is 16.6. The van der Waals surface area contributed by atoms with E-state index in [2.05, 4.69) is 10.5 Å². The highest BCUT2D eigenvalue weighted by Crippen LogP contribution is 2.41. The van der Waals surface area contributed by atoms with E-state index < -0.39 is 23.2 Å². The van der Waals surface area contributed by atoms with Gasteiger partial charge < -0.3 is 19.7 Å². The fraction of sp³-hybridized carbons (Fsp3) is 0.615. The first-order valence-electron chi connectivity index (χ1n) is 6.43. The van der Waals surface area contributed by atoms with Gasteiger partial charge in [0.2, 0.25) is 0 Å². The molecular formula is C13H18N2O5. The lowest BCUT2D eigenvalue weighted by atomic mass is 9.75. The van der Waals surface area contributed by atoms with Crippen molar-refractivity contribution < 1.29 is 24.0 Å². The van der Waals surface area contributed by atoms with Crippen molar-refractivity contribution in [2.24, 2.45) is 0 Å². The molecule has 2 rings (SSSR count). The highest BCUT2D eigenvalue weighted by Gasteiger charge is 2.44. The summed E-state index contributed by atoms with van der Waals surface area (Å²) in [4.78, 5) is 22.7. The van der Waals surface area contributed by atoms with Crippen molar-refractivity contribution in [3.05, 3.63) is 17.5 Å². The van der Waals surface area contributed by atoms with Crippen LogP contribution in [0.4, 0.5) is 4.79 Å². The molecule has 7 nitrogen and oxygen atoms in total. The van der Waals surface area contributed by atoms with Crippen molar-refractivity contribution in [2.45, 2.75) is 51.2 Å². The van der Waals surface area contributed by atoms with Crippen molar-refractivity contribution in [2.75, 3.05) is 0 Å². The van der Waals surface area contributed by atoms with E-state index in [0.717, 1.165) is 6.42 Å². The number of nitrogens with one attached hydrogen (secondary N) is 1. The number of hydrogen-bond acceptors (Lipinski definition) is 5. The molecule has 0 atom stereocenters. The number of carbonyl (C=O) groups excluding carboxylic acids is 1. The van der Waals surface area contributed by atoms with Gasteiger partial charge >= 0.3 is 12.1 Å². The Balaban J connectivity index is 2.13. The van der Waals surface area contributed by atoms with E-state index in [1.807, 2.05) is 0 Å². The summed E-state index contributed by atoms with van der Waals surface area (Å²) in [6.45, 7) is 5.32. The first-order chi connectivity index (χ1) is 9.22. The maximum atomic E-state index is 11.9. The van der Waals surface area contributed by atoms with Crippen molar-refractivity contribution in [3.63, 3.8) is 0 Å². The van der Waals surface area contributed by atoms with E-state index in [-0.39, 0.29) is 5.69 Å². The standard InChI is InChI=1S/C13H18N2O5/c1-12(2,3)19-11(18)14-13(5-4-6-13)9-7-8(10(16)17)15-20-9/h7H,4-6H2,1-3H3,(H,14,18)(H,16,17). The predicted octanol–water partition coefficient (Wildman–Crippen LogP) is 2.28. The summed E-state index contributed by atoms with van der Waals surface area (Å²) in [7, 11) is 0. The average molecular weight is 282 g/mol. The quantitative estimate of drug-likeness (QED) is 0.881. The minimum absolute atomic E-state index is 0.169. The number of aromatic nitrogens is 1. The second-order valence-electron chi connectivity index (χ2n) is 5.94. The molecule has 0 radical (unpaired) electrons. The van der Waals surface area contributed by atoms with Crippen molar-refractivity contribution >= 4 is 12.1 Å². The molecule has 20 heavy (non-hydrogen) atoms. The van der Waals surface area contributed by atoms with E-state index in [1.165, 1.54) is 6.07 Å². The molecular weight excluding hydrogens is 264 g/mol. The summed E-state index contributed by atoms with van der Waals surface area (Å²) >= 11 is 0. The molecule has 7 heteroatoms. The Morgan fingerprint density at radius 2 is 2.10 bits per heavy atom. The monoisotopic (exact) mass is 282 g/mol. The van der Waals surface area contributed by atoms with E-state index in [0.29, 0.717) is 18.6 Å². The van der Waals surface area contributed by atoms with Crippen molar-refractivity contribution in [1.29, 1.82) is 0 Å². The molecule has 1 saturated carbocycles. The van der Waals surface area contributed by atoms with Crippen LogP contribution in [0.2, 0.25) is 0 Å². The van der Waals surface area contributed by atoms with E-state index in [1.54, 1.807) is 20.8 Å². The summed E-state index contributed by atoms with van der Waals surface area (Å²) in [6.07, 6.45) is 1.70. The smallest absolute Gasteiger partial charge is 0.408 e. The number of carboxylic acid groups (broad SMARTS) is 1. The zero-order valence-corrected chi connectivity index (χ0v) is 11.7. The lowest BCUT2D eigenvalue weighted by molar-refractivity contribution is 0.0332. The molecule has 110 valence electrons. The topological polar surface area (TPSA) is 102 Å². The minimum atomic E-state index is -1.16. The Morgan fingerprint density at radius 1 is 1.45 bits per heavy atom. The molecule has 0 aliphatic heterocycles. The van der Waals surface area contributed by atoms with Gasteiger partial charge in [-0.1, -0.05) is 5.16 Å². The maximum Gasteiger partial charge on any atom is 0.408 e. The molecule has 1 aromatic heterocycles. The van der Waals surface area contributed by atoms with Gasteiger partial charge in [0.25, 0.3) is 0 Å². The molecule has 1 amide bonds. The molecule has 1 aliphatic rings. The van der Waals surface area contributed by atoms with E-state index in [9.17, 15) is 9.59 Å². The summed E-state index contributed by atoms with van der Waals surface area (Å²) in [5.41, 5.74) is -1.47. The Bertz CT molecular complexity index is 525. The average Bonchev–Trinajstić information content (AvgIpc) is 2.70. The number of ether oxygens (including phenoxy) is 1. The van der Waals surface area contributed by atoms with Crippen LogP contribution in [0.25, 0.3) is 0 Å². The first-order valence-corrected chi connectivity index (χ1v) is 6.43. The normalized spacial score (nSPS) is 17.1. The van der Waals surface area contributed by atoms with Gasteiger partial charge in [0.15, 0.2) is 11.5 Å². The zero-order chi connectivity index (χ0) is 15.0. The van der Waals surface area contributed by atoms with Crippen molar-refractivity contribution in [1.82, 2.24) is 10.5 Å². The van der Waals surface area contributed by atoms with Crippen LogP contribution < -0.4 is 5.32 Å². The molecule has 1 aliphatic carbocycles. The number of amides is 1. The zero-order valence-electron chi connectivity index (χ0n) is 11.7. The minimum Gasteiger partial charge on any atom is -0.476 e. The summed E-state index contributed by atoms with van der Waals surface area (Å²) in [5, 5.41) is 15.1. The van der Waals surface area contributed by atoms with Gasteiger partial charge in [-0.2, -0.15) is 0 Å².